The number of carbonyl (C=O) groups is 2. The number of likely N-dealkylation sites (tertiary alicyclic amines) is 1. The van der Waals surface area contributed by atoms with E-state index in [0.29, 0.717) is 24.4 Å². The summed E-state index contributed by atoms with van der Waals surface area (Å²) in [5.74, 6) is -3.20. The van der Waals surface area contributed by atoms with Gasteiger partial charge in [0.15, 0.2) is 17.5 Å². The zero-order valence-corrected chi connectivity index (χ0v) is 19.9. The number of hydrogen-bond donors (Lipinski definition) is 1. The van der Waals surface area contributed by atoms with Crippen molar-refractivity contribution in [1.82, 2.24) is 10.2 Å². The molecule has 1 spiro atoms. The van der Waals surface area contributed by atoms with Crippen LogP contribution in [-0.2, 0) is 4.79 Å². The zero-order valence-electron chi connectivity index (χ0n) is 19.9. The Kier molecular flexibility index (Phi) is 6.74. The Labute approximate surface area is 212 Å². The van der Waals surface area contributed by atoms with Crippen LogP contribution in [-0.4, -0.2) is 35.8 Å². The first-order valence-electron chi connectivity index (χ1n) is 12.1. The van der Waals surface area contributed by atoms with E-state index in [9.17, 15) is 22.8 Å². The summed E-state index contributed by atoms with van der Waals surface area (Å²) >= 11 is 0. The van der Waals surface area contributed by atoms with E-state index in [-0.39, 0.29) is 28.8 Å². The van der Waals surface area contributed by atoms with Crippen molar-refractivity contribution in [3.8, 4) is 11.5 Å². The summed E-state index contributed by atoms with van der Waals surface area (Å²) < 4.78 is 45.5. The van der Waals surface area contributed by atoms with Gasteiger partial charge in [-0.2, -0.15) is 0 Å². The predicted molar refractivity (Wildman–Crippen MR) is 132 cm³/mol. The number of piperidine rings is 1. The smallest absolute Gasteiger partial charge is 0.253 e. The van der Waals surface area contributed by atoms with Crippen LogP contribution in [0.2, 0.25) is 0 Å². The molecule has 0 radical (unpaired) electrons. The van der Waals surface area contributed by atoms with Gasteiger partial charge in [0.2, 0.25) is 5.91 Å². The summed E-state index contributed by atoms with van der Waals surface area (Å²) in [5, 5.41) is 2.92. The molecule has 1 atom stereocenters. The summed E-state index contributed by atoms with van der Waals surface area (Å²) in [6, 6.07) is 18.1. The molecule has 2 fully saturated rings. The lowest BCUT2D eigenvalue weighted by molar-refractivity contribution is -0.116. The third kappa shape index (κ3) is 5.53. The van der Waals surface area contributed by atoms with Crippen LogP contribution in [0.25, 0.3) is 6.08 Å². The molecule has 1 aliphatic carbocycles. The van der Waals surface area contributed by atoms with Crippen molar-refractivity contribution < 1.29 is 27.5 Å². The van der Waals surface area contributed by atoms with Crippen LogP contribution >= 0.6 is 0 Å². The van der Waals surface area contributed by atoms with Crippen LogP contribution in [0.5, 0.6) is 11.5 Å². The molecule has 1 heterocycles. The van der Waals surface area contributed by atoms with Crippen LogP contribution < -0.4 is 10.1 Å². The molecule has 2 amide bonds. The molecule has 1 N–H and O–H groups in total. The molecule has 0 aromatic heterocycles. The van der Waals surface area contributed by atoms with Crippen LogP contribution in [0.4, 0.5) is 13.2 Å². The number of ether oxygens (including phenoxy) is 1. The molecule has 5 nitrogen and oxygen atoms in total. The second kappa shape index (κ2) is 10.1. The highest BCUT2D eigenvalue weighted by molar-refractivity contribution is 5.94. The highest BCUT2D eigenvalue weighted by atomic mass is 19.2. The second-order valence-corrected chi connectivity index (χ2v) is 9.49. The molecule has 1 saturated carbocycles. The quantitative estimate of drug-likeness (QED) is 0.344. The van der Waals surface area contributed by atoms with E-state index in [1.165, 1.54) is 12.2 Å². The van der Waals surface area contributed by atoms with Crippen molar-refractivity contribution in [2.75, 3.05) is 13.1 Å². The summed E-state index contributed by atoms with van der Waals surface area (Å²) in [6.45, 7) is 1.19. The van der Waals surface area contributed by atoms with Crippen molar-refractivity contribution >= 4 is 17.9 Å². The van der Waals surface area contributed by atoms with Gasteiger partial charge in [0.25, 0.3) is 5.91 Å². The zero-order chi connectivity index (χ0) is 26.0. The highest BCUT2D eigenvalue weighted by Gasteiger charge is 2.55. The van der Waals surface area contributed by atoms with E-state index in [1.54, 1.807) is 24.3 Å². The van der Waals surface area contributed by atoms with E-state index in [1.807, 2.05) is 35.2 Å². The van der Waals surface area contributed by atoms with Crippen LogP contribution in [0, 0.1) is 22.9 Å². The first-order valence-corrected chi connectivity index (χ1v) is 12.1. The van der Waals surface area contributed by atoms with Gasteiger partial charge in [-0.3, -0.25) is 9.59 Å². The third-order valence-corrected chi connectivity index (χ3v) is 7.07. The maximum Gasteiger partial charge on any atom is 0.253 e. The van der Waals surface area contributed by atoms with Gasteiger partial charge >= 0.3 is 0 Å². The van der Waals surface area contributed by atoms with E-state index in [0.717, 1.165) is 37.1 Å². The minimum Gasteiger partial charge on any atom is -0.457 e. The van der Waals surface area contributed by atoms with Crippen molar-refractivity contribution in [3.05, 3.63) is 101 Å². The fraction of sp³-hybridized carbons (Fsp3) is 0.241. The Morgan fingerprint density at radius 1 is 0.919 bits per heavy atom. The standard InChI is InChI=1S/C29H25F3N2O3/c30-23-16-19(17-24(31)27(23)32)6-11-26(35)33-25-18-29(25)12-14-34(15-13-29)28(36)20-7-9-22(10-8-20)37-21-4-2-1-3-5-21/h1-11,16-17,25H,12-15,18H2,(H,33,35)/b11-6+. The summed E-state index contributed by atoms with van der Waals surface area (Å²) in [7, 11) is 0. The molecule has 3 aromatic rings. The lowest BCUT2D eigenvalue weighted by Gasteiger charge is -2.33. The van der Waals surface area contributed by atoms with Gasteiger partial charge in [-0.25, -0.2) is 13.2 Å². The molecule has 1 unspecified atom stereocenters. The average molecular weight is 507 g/mol. The van der Waals surface area contributed by atoms with Gasteiger partial charge in [0, 0.05) is 30.8 Å². The van der Waals surface area contributed by atoms with Crippen LogP contribution in [0.3, 0.4) is 0 Å². The fourth-order valence-corrected chi connectivity index (χ4v) is 4.80. The van der Waals surface area contributed by atoms with Crippen molar-refractivity contribution in [3.63, 3.8) is 0 Å². The minimum absolute atomic E-state index is 0.0157. The Morgan fingerprint density at radius 3 is 2.19 bits per heavy atom. The molecule has 1 aliphatic heterocycles. The van der Waals surface area contributed by atoms with Gasteiger partial charge < -0.3 is 15.0 Å². The number of hydrogen-bond acceptors (Lipinski definition) is 3. The topological polar surface area (TPSA) is 58.6 Å². The first kappa shape index (κ1) is 24.6. The predicted octanol–water partition coefficient (Wildman–Crippen LogP) is 5.72. The molecule has 1 saturated heterocycles. The van der Waals surface area contributed by atoms with Crippen LogP contribution in [0.1, 0.15) is 35.2 Å². The molecule has 0 bridgehead atoms. The summed E-state index contributed by atoms with van der Waals surface area (Å²) in [6.07, 6.45) is 4.79. The molecule has 3 aromatic carbocycles. The number of halogens is 3. The summed E-state index contributed by atoms with van der Waals surface area (Å²) in [4.78, 5) is 27.1. The largest absolute Gasteiger partial charge is 0.457 e. The Morgan fingerprint density at radius 2 is 1.54 bits per heavy atom. The number of amides is 2. The van der Waals surface area contributed by atoms with E-state index in [2.05, 4.69) is 5.32 Å². The SMILES string of the molecule is O=C(/C=C/c1cc(F)c(F)c(F)c1)NC1CC12CCN(C(=O)c1ccc(Oc3ccccc3)cc1)CC2. The van der Waals surface area contributed by atoms with Crippen LogP contribution in [0.15, 0.2) is 72.8 Å². The Balaban J connectivity index is 1.10. The van der Waals surface area contributed by atoms with Crippen molar-refractivity contribution in [1.29, 1.82) is 0 Å². The van der Waals surface area contributed by atoms with Gasteiger partial charge in [0.1, 0.15) is 11.5 Å². The van der Waals surface area contributed by atoms with E-state index >= 15 is 0 Å². The number of para-hydroxylation sites is 1. The highest BCUT2D eigenvalue weighted by Crippen LogP contribution is 2.54. The third-order valence-electron chi connectivity index (χ3n) is 7.07. The van der Waals surface area contributed by atoms with Crippen molar-refractivity contribution in [2.45, 2.75) is 25.3 Å². The van der Waals surface area contributed by atoms with Crippen molar-refractivity contribution in [2.24, 2.45) is 5.41 Å². The molecule has 8 heteroatoms. The van der Waals surface area contributed by atoms with Gasteiger partial charge in [-0.1, -0.05) is 18.2 Å². The normalized spacial score (nSPS) is 18.1. The first-order chi connectivity index (χ1) is 17.8. The maximum absolute atomic E-state index is 13.3. The van der Waals surface area contributed by atoms with Gasteiger partial charge in [0.05, 0.1) is 0 Å². The number of rotatable bonds is 6. The van der Waals surface area contributed by atoms with E-state index < -0.39 is 17.5 Å². The lowest BCUT2D eigenvalue weighted by Crippen LogP contribution is -2.41. The number of carbonyl (C=O) groups excluding carboxylic acids is 2. The summed E-state index contributed by atoms with van der Waals surface area (Å²) in [5.41, 5.74) is 0.612. The second-order valence-electron chi connectivity index (χ2n) is 9.49. The number of nitrogens with zero attached hydrogens (tertiary/aromatic N) is 1. The molecule has 2 aliphatic rings. The monoisotopic (exact) mass is 506 g/mol. The Hall–Kier alpha value is -4.07. The number of benzene rings is 3. The molecule has 190 valence electrons. The van der Waals surface area contributed by atoms with Gasteiger partial charge in [-0.15, -0.1) is 0 Å². The number of nitrogens with one attached hydrogen (secondary N) is 1. The molecular weight excluding hydrogens is 481 g/mol. The lowest BCUT2D eigenvalue weighted by atomic mass is 9.92. The Bertz CT molecular complexity index is 1310. The van der Waals surface area contributed by atoms with E-state index in [4.69, 9.17) is 4.74 Å². The fourth-order valence-electron chi connectivity index (χ4n) is 4.80. The minimum atomic E-state index is -1.54. The molecular formula is C29H25F3N2O3. The average Bonchev–Trinajstić information content (AvgIpc) is 3.57. The maximum atomic E-state index is 13.3. The molecule has 37 heavy (non-hydrogen) atoms. The molecule has 5 rings (SSSR count). The van der Waals surface area contributed by atoms with Gasteiger partial charge in [-0.05, 0) is 84.8 Å².